The van der Waals surface area contributed by atoms with E-state index in [2.05, 4.69) is 47.2 Å². The average Bonchev–Trinajstić information content (AvgIpc) is 3.46. The largest absolute Gasteiger partial charge is 0.143 e. The Labute approximate surface area is 177 Å². The van der Waals surface area contributed by atoms with Gasteiger partial charge in [-0.3, -0.25) is 0 Å². The molecule has 0 saturated carbocycles. The molecule has 6 aromatic rings. The SMILES string of the molecule is c1cc2sc3c(c2s1)Cc1ccc2c4c(ccc-3c14)Cc1c-2sc2ccsc12. The lowest BCUT2D eigenvalue weighted by molar-refractivity contribution is 1.21. The van der Waals surface area contributed by atoms with Gasteiger partial charge in [0, 0.05) is 52.5 Å². The number of thiophene rings is 4. The zero-order chi connectivity index (χ0) is 18.0. The summed E-state index contributed by atoms with van der Waals surface area (Å²) in [6.45, 7) is 0. The van der Waals surface area contributed by atoms with Crippen molar-refractivity contribution in [2.24, 2.45) is 0 Å². The molecule has 132 valence electrons. The van der Waals surface area contributed by atoms with Crippen LogP contribution in [0.4, 0.5) is 0 Å². The second-order valence-electron chi connectivity index (χ2n) is 7.70. The van der Waals surface area contributed by atoms with E-state index < -0.39 is 0 Å². The molecule has 2 aliphatic rings. The summed E-state index contributed by atoms with van der Waals surface area (Å²) in [5, 5.41) is 7.53. The van der Waals surface area contributed by atoms with Crippen LogP contribution in [0.3, 0.4) is 0 Å². The summed E-state index contributed by atoms with van der Waals surface area (Å²) in [5.74, 6) is 0. The van der Waals surface area contributed by atoms with Crippen LogP contribution < -0.4 is 0 Å². The highest BCUT2D eigenvalue weighted by Gasteiger charge is 2.29. The van der Waals surface area contributed by atoms with Gasteiger partial charge in [0.2, 0.25) is 0 Å². The van der Waals surface area contributed by atoms with Gasteiger partial charge in [-0.1, -0.05) is 24.3 Å². The van der Waals surface area contributed by atoms with Crippen molar-refractivity contribution in [3.63, 3.8) is 0 Å². The van der Waals surface area contributed by atoms with Gasteiger partial charge in [-0.15, -0.1) is 45.3 Å². The molecule has 4 aromatic heterocycles. The van der Waals surface area contributed by atoms with Crippen molar-refractivity contribution in [1.82, 2.24) is 0 Å². The molecule has 0 amide bonds. The number of rotatable bonds is 0. The second kappa shape index (κ2) is 4.95. The van der Waals surface area contributed by atoms with Crippen molar-refractivity contribution in [3.05, 3.63) is 69.4 Å². The van der Waals surface area contributed by atoms with Gasteiger partial charge in [0.05, 0.1) is 0 Å². The van der Waals surface area contributed by atoms with Crippen molar-refractivity contribution in [2.45, 2.75) is 12.8 Å². The lowest BCUT2D eigenvalue weighted by atomic mass is 9.80. The highest BCUT2D eigenvalue weighted by molar-refractivity contribution is 7.30. The van der Waals surface area contributed by atoms with Crippen molar-refractivity contribution in [1.29, 1.82) is 0 Å². The van der Waals surface area contributed by atoms with E-state index >= 15 is 0 Å². The van der Waals surface area contributed by atoms with E-state index in [9.17, 15) is 0 Å². The quantitative estimate of drug-likeness (QED) is 0.227. The predicted molar refractivity (Wildman–Crippen MR) is 127 cm³/mol. The van der Waals surface area contributed by atoms with E-state index in [4.69, 9.17) is 0 Å². The molecule has 0 fully saturated rings. The molecule has 0 radical (unpaired) electrons. The van der Waals surface area contributed by atoms with Crippen molar-refractivity contribution in [3.8, 4) is 20.9 Å². The summed E-state index contributed by atoms with van der Waals surface area (Å²) in [5.41, 5.74) is 9.06. The summed E-state index contributed by atoms with van der Waals surface area (Å²) in [4.78, 5) is 3.02. The van der Waals surface area contributed by atoms with Gasteiger partial charge in [0.1, 0.15) is 0 Å². The molecule has 8 rings (SSSR count). The van der Waals surface area contributed by atoms with Crippen LogP contribution in [0.2, 0.25) is 0 Å². The fourth-order valence-corrected chi connectivity index (χ4v) is 10.0. The van der Waals surface area contributed by atoms with E-state index in [1.165, 1.54) is 61.6 Å². The summed E-state index contributed by atoms with van der Waals surface area (Å²) in [6, 6.07) is 14.2. The molecule has 2 aromatic carbocycles. The molecule has 0 spiro atoms. The zero-order valence-electron chi connectivity index (χ0n) is 14.7. The van der Waals surface area contributed by atoms with E-state index in [0.29, 0.717) is 0 Å². The molecule has 0 nitrogen and oxygen atoms in total. The summed E-state index contributed by atoms with van der Waals surface area (Å²) < 4.78 is 5.90. The third-order valence-electron chi connectivity index (χ3n) is 6.34. The van der Waals surface area contributed by atoms with E-state index in [0.717, 1.165) is 12.8 Å². The standard InChI is InChI=1S/C24H12S4/c1-3-13-20-12(10-16-21(13)27-18-6-8-26-24(16)18)2-4-14-19(20)11(1)9-15-22(14)28-17-5-7-25-23(15)17/h1-8H,9-10H2. The van der Waals surface area contributed by atoms with Gasteiger partial charge in [0.15, 0.2) is 0 Å². The third-order valence-corrected chi connectivity index (χ3v) is 11.0. The van der Waals surface area contributed by atoms with Crippen LogP contribution in [0.25, 0.3) is 50.5 Å². The minimum absolute atomic E-state index is 1.08. The molecule has 0 unspecified atom stereocenters. The monoisotopic (exact) mass is 428 g/mol. The summed E-state index contributed by atoms with van der Waals surface area (Å²) in [6.07, 6.45) is 2.16. The van der Waals surface area contributed by atoms with E-state index in [1.54, 1.807) is 11.1 Å². The Balaban J connectivity index is 1.53. The Morgan fingerprint density at radius 2 is 1.07 bits per heavy atom. The molecule has 0 saturated heterocycles. The van der Waals surface area contributed by atoms with Crippen molar-refractivity contribution >= 4 is 74.9 Å². The third kappa shape index (κ3) is 1.64. The summed E-state index contributed by atoms with van der Waals surface area (Å²) >= 11 is 7.78. The van der Waals surface area contributed by atoms with Crippen LogP contribution in [-0.4, -0.2) is 0 Å². The topological polar surface area (TPSA) is 0 Å². The average molecular weight is 429 g/mol. The van der Waals surface area contributed by atoms with Gasteiger partial charge in [-0.2, -0.15) is 0 Å². The Morgan fingerprint density at radius 1 is 0.571 bits per heavy atom. The van der Waals surface area contributed by atoms with Gasteiger partial charge in [0.25, 0.3) is 0 Å². The first-order valence-electron chi connectivity index (χ1n) is 9.43. The van der Waals surface area contributed by atoms with E-state index in [-0.39, 0.29) is 0 Å². The normalized spacial score (nSPS) is 14.1. The van der Waals surface area contributed by atoms with Crippen LogP contribution in [0, 0.1) is 0 Å². The minimum Gasteiger partial charge on any atom is -0.143 e. The maximum absolute atomic E-state index is 2.41. The number of hydrogen-bond acceptors (Lipinski definition) is 4. The number of hydrogen-bond donors (Lipinski definition) is 0. The van der Waals surface area contributed by atoms with Crippen molar-refractivity contribution < 1.29 is 0 Å². The minimum atomic E-state index is 1.08. The van der Waals surface area contributed by atoms with Crippen LogP contribution in [0.15, 0.2) is 47.2 Å². The molecule has 4 heteroatoms. The maximum atomic E-state index is 2.41. The second-order valence-corrected chi connectivity index (χ2v) is 11.6. The summed E-state index contributed by atoms with van der Waals surface area (Å²) in [7, 11) is 0. The fourth-order valence-electron chi connectivity index (χ4n) is 5.19. The molecule has 28 heavy (non-hydrogen) atoms. The van der Waals surface area contributed by atoms with Crippen molar-refractivity contribution in [2.75, 3.05) is 0 Å². The smallest absolute Gasteiger partial charge is 0.0492 e. The Morgan fingerprint density at radius 3 is 1.57 bits per heavy atom. The van der Waals surface area contributed by atoms with Crippen LogP contribution in [0.5, 0.6) is 0 Å². The highest BCUT2D eigenvalue weighted by Crippen LogP contribution is 2.54. The van der Waals surface area contributed by atoms with Gasteiger partial charge < -0.3 is 0 Å². The van der Waals surface area contributed by atoms with Gasteiger partial charge in [-0.05, 0) is 55.9 Å². The molecular weight excluding hydrogens is 417 g/mol. The Hall–Kier alpha value is -1.98. The van der Waals surface area contributed by atoms with Crippen LogP contribution >= 0.6 is 45.3 Å². The van der Waals surface area contributed by atoms with Crippen LogP contribution in [0.1, 0.15) is 22.3 Å². The molecule has 0 aliphatic heterocycles. The molecular formula is C24H12S4. The molecule has 2 aliphatic carbocycles. The predicted octanol–water partition coefficient (Wildman–Crippen LogP) is 8.53. The Bertz CT molecular complexity index is 1490. The maximum Gasteiger partial charge on any atom is 0.0492 e. The van der Waals surface area contributed by atoms with Gasteiger partial charge in [-0.25, -0.2) is 0 Å². The molecule has 4 heterocycles. The fraction of sp³-hybridized carbons (Fsp3) is 0.0833. The van der Waals surface area contributed by atoms with Gasteiger partial charge >= 0.3 is 0 Å². The zero-order valence-corrected chi connectivity index (χ0v) is 17.9. The van der Waals surface area contributed by atoms with E-state index in [1.807, 2.05) is 45.3 Å². The van der Waals surface area contributed by atoms with Crippen LogP contribution in [-0.2, 0) is 12.8 Å². The lowest BCUT2D eigenvalue weighted by Crippen LogP contribution is -2.04. The first-order chi connectivity index (χ1) is 13.9. The molecule has 0 N–H and O–H groups in total. The number of fused-ring (bicyclic) bond motifs is 8. The molecule has 0 bridgehead atoms. The lowest BCUT2D eigenvalue weighted by Gasteiger charge is -2.25. The first-order valence-corrected chi connectivity index (χ1v) is 12.8. The highest BCUT2D eigenvalue weighted by atomic mass is 32.1. The Kier molecular flexibility index (Phi) is 2.64. The molecule has 0 atom stereocenters. The number of benzene rings is 2. The first kappa shape index (κ1) is 14.9.